The third-order valence-electron chi connectivity index (χ3n) is 4.16. The maximum atomic E-state index is 12.2. The Labute approximate surface area is 172 Å². The van der Waals surface area contributed by atoms with Crippen LogP contribution in [0.5, 0.6) is 0 Å². The number of nitrogens with zero attached hydrogens (tertiary/aromatic N) is 1. The Balaban J connectivity index is 1.58. The number of nitrogens with one attached hydrogen (secondary N) is 1. The van der Waals surface area contributed by atoms with Gasteiger partial charge in [-0.3, -0.25) is 19.3 Å². The second-order valence-electron chi connectivity index (χ2n) is 6.38. The Bertz CT molecular complexity index is 925. The number of aryl methyl sites for hydroxylation is 2. The minimum Gasteiger partial charge on any atom is -0.454 e. The molecule has 1 N–H and O–H groups in total. The van der Waals surface area contributed by atoms with Crippen molar-refractivity contribution in [3.8, 4) is 0 Å². The minimum absolute atomic E-state index is 0.174. The molecule has 0 aromatic heterocycles. The van der Waals surface area contributed by atoms with E-state index in [2.05, 4.69) is 5.32 Å². The Kier molecular flexibility index (Phi) is 6.26. The van der Waals surface area contributed by atoms with Crippen LogP contribution in [-0.2, 0) is 19.1 Å². The molecule has 2 aromatic carbocycles. The molecule has 2 amide bonds. The fourth-order valence-corrected chi connectivity index (χ4v) is 4.20. The van der Waals surface area contributed by atoms with Gasteiger partial charge in [-0.1, -0.05) is 29.8 Å². The first-order valence-electron chi connectivity index (χ1n) is 8.59. The Morgan fingerprint density at radius 1 is 1.25 bits per heavy atom. The summed E-state index contributed by atoms with van der Waals surface area (Å²) < 4.78 is 5.05. The van der Waals surface area contributed by atoms with Crippen molar-refractivity contribution >= 4 is 52.5 Å². The van der Waals surface area contributed by atoms with Gasteiger partial charge in [0.15, 0.2) is 6.61 Å². The highest BCUT2D eigenvalue weighted by Gasteiger charge is 2.27. The summed E-state index contributed by atoms with van der Waals surface area (Å²) in [6.07, 6.45) is 0. The zero-order chi connectivity index (χ0) is 20.3. The summed E-state index contributed by atoms with van der Waals surface area (Å²) in [5.74, 6) is -1.07. The molecule has 0 saturated carbocycles. The number of hydrogen-bond donors (Lipinski definition) is 1. The number of fused-ring (bicyclic) bond motifs is 1. The minimum atomic E-state index is -0.656. The average Bonchev–Trinajstić information content (AvgIpc) is 2.65. The Morgan fingerprint density at radius 2 is 2.00 bits per heavy atom. The predicted molar refractivity (Wildman–Crippen MR) is 110 cm³/mol. The molecule has 0 bridgehead atoms. The number of thioether (sulfide) groups is 1. The zero-order valence-electron chi connectivity index (χ0n) is 15.5. The number of esters is 1. The highest BCUT2D eigenvalue weighted by Crippen LogP contribution is 2.34. The first kappa shape index (κ1) is 20.2. The second-order valence-corrected chi connectivity index (χ2v) is 7.81. The molecule has 1 heterocycles. The van der Waals surface area contributed by atoms with Crippen molar-refractivity contribution < 1.29 is 19.1 Å². The third kappa shape index (κ3) is 4.66. The van der Waals surface area contributed by atoms with Crippen LogP contribution in [0.4, 0.5) is 11.4 Å². The molecule has 2 aromatic rings. The molecule has 0 aliphatic carbocycles. The Morgan fingerprint density at radius 3 is 2.75 bits per heavy atom. The van der Waals surface area contributed by atoms with Crippen molar-refractivity contribution in [2.45, 2.75) is 18.7 Å². The molecule has 0 radical (unpaired) electrons. The lowest BCUT2D eigenvalue weighted by Crippen LogP contribution is -2.40. The van der Waals surface area contributed by atoms with Crippen molar-refractivity contribution in [1.29, 1.82) is 0 Å². The molecular formula is C20H19ClN2O4S. The zero-order valence-corrected chi connectivity index (χ0v) is 17.0. The van der Waals surface area contributed by atoms with E-state index < -0.39 is 18.5 Å². The number of amides is 2. The van der Waals surface area contributed by atoms with E-state index in [0.717, 1.165) is 16.0 Å². The van der Waals surface area contributed by atoms with E-state index in [9.17, 15) is 14.4 Å². The Hall–Kier alpha value is -2.51. The van der Waals surface area contributed by atoms with Gasteiger partial charge in [-0.15, -0.1) is 11.8 Å². The van der Waals surface area contributed by atoms with Crippen LogP contribution in [-0.4, -0.2) is 36.7 Å². The van der Waals surface area contributed by atoms with Crippen LogP contribution < -0.4 is 10.2 Å². The largest absolute Gasteiger partial charge is 0.454 e. The van der Waals surface area contributed by atoms with Gasteiger partial charge in [-0.05, 0) is 43.2 Å². The fraction of sp³-hybridized carbons (Fsp3) is 0.250. The van der Waals surface area contributed by atoms with Gasteiger partial charge in [0, 0.05) is 4.90 Å². The maximum Gasteiger partial charge on any atom is 0.326 e. The summed E-state index contributed by atoms with van der Waals surface area (Å²) in [6.45, 7) is 3.04. The molecule has 6 nitrogen and oxygen atoms in total. The van der Waals surface area contributed by atoms with Gasteiger partial charge in [-0.2, -0.15) is 0 Å². The summed E-state index contributed by atoms with van der Waals surface area (Å²) in [7, 11) is 0. The molecule has 146 valence electrons. The number of ether oxygens (including phenoxy) is 1. The average molecular weight is 419 g/mol. The van der Waals surface area contributed by atoms with E-state index >= 15 is 0 Å². The lowest BCUT2D eigenvalue weighted by Gasteiger charge is -2.27. The standard InChI is InChI=1S/C20H19ClN2O4S/c1-12-7-13(2)20(14(21)8-12)22-17(24)10-27-19(26)9-23-15-5-3-4-6-16(15)28-11-18(23)25/h3-8H,9-11H2,1-2H3,(H,22,24). The summed E-state index contributed by atoms with van der Waals surface area (Å²) in [5.41, 5.74) is 2.96. The van der Waals surface area contributed by atoms with E-state index in [-0.39, 0.29) is 18.2 Å². The van der Waals surface area contributed by atoms with Crippen LogP contribution in [0, 0.1) is 13.8 Å². The number of benzene rings is 2. The van der Waals surface area contributed by atoms with Crippen molar-refractivity contribution in [1.82, 2.24) is 0 Å². The van der Waals surface area contributed by atoms with Crippen LogP contribution in [0.25, 0.3) is 0 Å². The van der Waals surface area contributed by atoms with Crippen LogP contribution in [0.2, 0.25) is 5.02 Å². The predicted octanol–water partition coefficient (Wildman–Crippen LogP) is 3.58. The van der Waals surface area contributed by atoms with Gasteiger partial charge >= 0.3 is 5.97 Å². The summed E-state index contributed by atoms with van der Waals surface area (Å²) in [5, 5.41) is 3.08. The molecule has 0 spiro atoms. The maximum absolute atomic E-state index is 12.2. The van der Waals surface area contributed by atoms with Gasteiger partial charge in [0.2, 0.25) is 5.91 Å². The molecule has 0 saturated heterocycles. The van der Waals surface area contributed by atoms with E-state index in [0.29, 0.717) is 16.4 Å². The molecule has 0 atom stereocenters. The van der Waals surface area contributed by atoms with Crippen LogP contribution in [0.3, 0.4) is 0 Å². The molecule has 1 aliphatic rings. The molecule has 3 rings (SSSR count). The van der Waals surface area contributed by atoms with Gasteiger partial charge in [0.25, 0.3) is 5.91 Å². The summed E-state index contributed by atoms with van der Waals surface area (Å²) in [6, 6.07) is 11.0. The lowest BCUT2D eigenvalue weighted by molar-refractivity contribution is -0.146. The number of para-hydroxylation sites is 1. The number of halogens is 1. The number of rotatable bonds is 5. The SMILES string of the molecule is Cc1cc(C)c(NC(=O)COC(=O)CN2C(=O)CSc3ccccc32)c(Cl)c1. The van der Waals surface area contributed by atoms with Gasteiger partial charge in [0.05, 0.1) is 22.2 Å². The first-order chi connectivity index (χ1) is 13.3. The summed E-state index contributed by atoms with van der Waals surface area (Å²) >= 11 is 7.60. The number of hydrogen-bond acceptors (Lipinski definition) is 5. The highest BCUT2D eigenvalue weighted by molar-refractivity contribution is 8.00. The van der Waals surface area contributed by atoms with E-state index in [1.165, 1.54) is 16.7 Å². The number of anilines is 2. The molecule has 0 fully saturated rings. The van der Waals surface area contributed by atoms with Crippen LogP contribution in [0.15, 0.2) is 41.3 Å². The van der Waals surface area contributed by atoms with Gasteiger partial charge in [0.1, 0.15) is 6.54 Å². The highest BCUT2D eigenvalue weighted by atomic mass is 35.5. The second kappa shape index (κ2) is 8.67. The monoisotopic (exact) mass is 418 g/mol. The number of carbonyl (C=O) groups excluding carboxylic acids is 3. The van der Waals surface area contributed by atoms with Crippen LogP contribution >= 0.6 is 23.4 Å². The van der Waals surface area contributed by atoms with E-state index in [4.69, 9.17) is 16.3 Å². The number of carbonyl (C=O) groups is 3. The smallest absolute Gasteiger partial charge is 0.326 e. The quantitative estimate of drug-likeness (QED) is 0.751. The molecule has 8 heteroatoms. The normalized spacial score (nSPS) is 13.1. The topological polar surface area (TPSA) is 75.7 Å². The first-order valence-corrected chi connectivity index (χ1v) is 9.96. The van der Waals surface area contributed by atoms with E-state index in [1.807, 2.05) is 32.0 Å². The van der Waals surface area contributed by atoms with E-state index in [1.54, 1.807) is 18.2 Å². The summed E-state index contributed by atoms with van der Waals surface area (Å²) in [4.78, 5) is 38.8. The van der Waals surface area contributed by atoms with Crippen molar-refractivity contribution in [3.05, 3.63) is 52.5 Å². The van der Waals surface area contributed by atoms with Crippen molar-refractivity contribution in [2.75, 3.05) is 29.1 Å². The van der Waals surface area contributed by atoms with Crippen molar-refractivity contribution in [2.24, 2.45) is 0 Å². The molecule has 0 unspecified atom stereocenters. The van der Waals surface area contributed by atoms with Crippen molar-refractivity contribution in [3.63, 3.8) is 0 Å². The fourth-order valence-electron chi connectivity index (χ4n) is 2.90. The molecule has 1 aliphatic heterocycles. The lowest BCUT2D eigenvalue weighted by atomic mass is 10.1. The van der Waals surface area contributed by atoms with Crippen LogP contribution in [0.1, 0.15) is 11.1 Å². The van der Waals surface area contributed by atoms with Gasteiger partial charge < -0.3 is 10.1 Å². The third-order valence-corrected chi connectivity index (χ3v) is 5.50. The molecule has 28 heavy (non-hydrogen) atoms. The molecular weight excluding hydrogens is 400 g/mol. The van der Waals surface area contributed by atoms with Gasteiger partial charge in [-0.25, -0.2) is 0 Å².